The molecule has 0 atom stereocenters. The van der Waals surface area contributed by atoms with Crippen LogP contribution >= 0.6 is 0 Å². The van der Waals surface area contributed by atoms with Gasteiger partial charge in [-0.05, 0) is 62.2 Å². The summed E-state index contributed by atoms with van der Waals surface area (Å²) in [4.78, 5) is 16.0. The second-order valence-corrected chi connectivity index (χ2v) is 8.12. The number of hydrogen-bond donors (Lipinski definition) is 2. The maximum Gasteiger partial charge on any atom is 0.296 e. The largest absolute Gasteiger partial charge is 0.497 e. The first-order valence-electron chi connectivity index (χ1n) is 9.26. The predicted molar refractivity (Wildman–Crippen MR) is 116 cm³/mol. The number of oxazole rings is 1. The molecule has 8 nitrogen and oxygen atoms in total. The zero-order valence-corrected chi connectivity index (χ0v) is 18.0. The molecule has 1 aromatic heterocycles. The van der Waals surface area contributed by atoms with Gasteiger partial charge in [0, 0.05) is 11.3 Å². The molecule has 0 saturated carbocycles. The van der Waals surface area contributed by atoms with Crippen molar-refractivity contribution in [3.63, 3.8) is 0 Å². The lowest BCUT2D eigenvalue weighted by Crippen LogP contribution is -2.21. The van der Waals surface area contributed by atoms with Crippen molar-refractivity contribution in [2.45, 2.75) is 25.3 Å². The summed E-state index contributed by atoms with van der Waals surface area (Å²) >= 11 is 0. The van der Waals surface area contributed by atoms with Crippen LogP contribution in [0.5, 0.6) is 5.75 Å². The van der Waals surface area contributed by atoms with Crippen molar-refractivity contribution in [2.75, 3.05) is 11.8 Å². The van der Waals surface area contributed by atoms with E-state index in [4.69, 9.17) is 9.15 Å². The van der Waals surface area contributed by atoms with Gasteiger partial charge in [-0.25, -0.2) is 13.4 Å². The topological polar surface area (TPSA) is 111 Å². The maximum absolute atomic E-state index is 12.7. The molecule has 0 saturated heterocycles. The van der Waals surface area contributed by atoms with Crippen molar-refractivity contribution < 1.29 is 22.4 Å². The molecule has 160 valence electrons. The van der Waals surface area contributed by atoms with E-state index in [-0.39, 0.29) is 11.4 Å². The summed E-state index contributed by atoms with van der Waals surface area (Å²) in [6.45, 7) is 3.49. The minimum atomic E-state index is -3.78. The number of carbonyl (C=O) groups excluding carboxylic acids is 1. The molecule has 0 unspecified atom stereocenters. The molecular formula is C22H21N3O5S. The minimum Gasteiger partial charge on any atom is -0.497 e. The molecule has 3 aromatic rings. The normalized spacial score (nSPS) is 10.7. The highest BCUT2D eigenvalue weighted by atomic mass is 32.2. The van der Waals surface area contributed by atoms with Crippen LogP contribution in [0.4, 0.5) is 5.69 Å². The van der Waals surface area contributed by atoms with Crippen LogP contribution in [0, 0.1) is 18.8 Å². The van der Waals surface area contributed by atoms with Crippen LogP contribution in [-0.2, 0) is 21.4 Å². The van der Waals surface area contributed by atoms with E-state index in [1.165, 1.54) is 19.2 Å². The van der Waals surface area contributed by atoms with Gasteiger partial charge in [-0.15, -0.1) is 0 Å². The molecule has 0 aliphatic carbocycles. The highest BCUT2D eigenvalue weighted by Crippen LogP contribution is 2.26. The number of nitrogens with zero attached hydrogens (tertiary/aromatic N) is 1. The molecule has 2 aromatic carbocycles. The molecule has 9 heteroatoms. The second-order valence-electron chi connectivity index (χ2n) is 6.44. The van der Waals surface area contributed by atoms with Crippen LogP contribution < -0.4 is 14.8 Å². The second kappa shape index (κ2) is 9.36. The van der Waals surface area contributed by atoms with Crippen molar-refractivity contribution in [1.29, 1.82) is 0 Å². The highest BCUT2D eigenvalue weighted by Gasteiger charge is 2.16. The number of aromatic nitrogens is 1. The van der Waals surface area contributed by atoms with E-state index in [9.17, 15) is 13.2 Å². The lowest BCUT2D eigenvalue weighted by Gasteiger charge is -2.09. The SMILES string of the molecule is CC#CC(=O)NCc1nc(-c2cccc(NS(=O)(=O)c3ccc(OC)cc3)c2)oc1C. The molecule has 0 radical (unpaired) electrons. The number of benzene rings is 2. The molecule has 0 spiro atoms. The van der Waals surface area contributed by atoms with Gasteiger partial charge in [-0.3, -0.25) is 9.52 Å². The molecule has 1 amide bonds. The van der Waals surface area contributed by atoms with Gasteiger partial charge in [-0.1, -0.05) is 12.0 Å². The fourth-order valence-electron chi connectivity index (χ4n) is 2.72. The van der Waals surface area contributed by atoms with Crippen molar-refractivity contribution in [3.8, 4) is 29.0 Å². The van der Waals surface area contributed by atoms with Gasteiger partial charge in [0.25, 0.3) is 15.9 Å². The van der Waals surface area contributed by atoms with Crippen LogP contribution in [0.1, 0.15) is 18.4 Å². The van der Waals surface area contributed by atoms with Crippen molar-refractivity contribution in [3.05, 3.63) is 60.0 Å². The summed E-state index contributed by atoms with van der Waals surface area (Å²) in [7, 11) is -2.27. The van der Waals surface area contributed by atoms with E-state index < -0.39 is 15.9 Å². The quantitative estimate of drug-likeness (QED) is 0.548. The molecule has 0 aliphatic rings. The summed E-state index contributed by atoms with van der Waals surface area (Å²) in [6, 6.07) is 12.8. The van der Waals surface area contributed by atoms with Crippen molar-refractivity contribution in [2.24, 2.45) is 0 Å². The number of sulfonamides is 1. The zero-order valence-electron chi connectivity index (χ0n) is 17.2. The first-order valence-corrected chi connectivity index (χ1v) is 10.7. The fourth-order valence-corrected chi connectivity index (χ4v) is 3.77. The summed E-state index contributed by atoms with van der Waals surface area (Å²) in [5.74, 6) is 5.94. The molecule has 2 N–H and O–H groups in total. The van der Waals surface area contributed by atoms with Crippen LogP contribution in [0.3, 0.4) is 0 Å². The Bertz CT molecular complexity index is 1250. The first kappa shape index (κ1) is 21.9. The summed E-state index contributed by atoms with van der Waals surface area (Å²) in [5.41, 5.74) is 1.51. The fraction of sp³-hybridized carbons (Fsp3) is 0.182. The minimum absolute atomic E-state index is 0.110. The van der Waals surface area contributed by atoms with Gasteiger partial charge < -0.3 is 14.5 Å². The summed E-state index contributed by atoms with van der Waals surface area (Å²) in [5, 5.41) is 2.64. The Balaban J connectivity index is 1.79. The van der Waals surface area contributed by atoms with Gasteiger partial charge >= 0.3 is 0 Å². The molecule has 0 bridgehead atoms. The van der Waals surface area contributed by atoms with E-state index in [1.807, 2.05) is 0 Å². The molecule has 3 rings (SSSR count). The number of carbonyl (C=O) groups is 1. The third-order valence-corrected chi connectivity index (χ3v) is 5.68. The number of nitrogens with one attached hydrogen (secondary N) is 2. The van der Waals surface area contributed by atoms with Gasteiger partial charge in [0.15, 0.2) is 0 Å². The van der Waals surface area contributed by atoms with Gasteiger partial charge in [0.1, 0.15) is 17.2 Å². The number of rotatable bonds is 7. The summed E-state index contributed by atoms with van der Waals surface area (Å²) < 4.78 is 38.6. The molecule has 31 heavy (non-hydrogen) atoms. The Labute approximate surface area is 180 Å². The Morgan fingerprint density at radius 2 is 1.94 bits per heavy atom. The van der Waals surface area contributed by atoms with Crippen molar-refractivity contribution in [1.82, 2.24) is 10.3 Å². The number of anilines is 1. The zero-order chi connectivity index (χ0) is 22.4. The van der Waals surface area contributed by atoms with Crippen LogP contribution in [0.25, 0.3) is 11.5 Å². The molecular weight excluding hydrogens is 418 g/mol. The Morgan fingerprint density at radius 1 is 1.19 bits per heavy atom. The van der Waals surface area contributed by atoms with Crippen LogP contribution in [0.2, 0.25) is 0 Å². The molecule has 0 fully saturated rings. The highest BCUT2D eigenvalue weighted by molar-refractivity contribution is 7.92. The van der Waals surface area contributed by atoms with Gasteiger partial charge in [0.05, 0.1) is 18.6 Å². The average Bonchev–Trinajstić information content (AvgIpc) is 3.13. The van der Waals surface area contributed by atoms with E-state index in [0.29, 0.717) is 34.3 Å². The third-order valence-electron chi connectivity index (χ3n) is 4.28. The Hall–Kier alpha value is -3.77. The maximum atomic E-state index is 12.7. The first-order chi connectivity index (χ1) is 14.8. The molecule has 1 heterocycles. The number of ether oxygens (including phenoxy) is 1. The van der Waals surface area contributed by atoms with Crippen LogP contribution in [0.15, 0.2) is 57.8 Å². The number of aryl methyl sites for hydroxylation is 1. The number of amides is 1. The number of methoxy groups -OCH3 is 1. The standard InChI is InChI=1S/C22H21N3O5S/c1-4-6-21(26)23-14-20-15(2)30-22(24-20)16-7-5-8-17(13-16)25-31(27,28)19-11-9-18(29-3)10-12-19/h5,7-13,25H,14H2,1-3H3,(H,23,26). The van der Waals surface area contributed by atoms with E-state index in [0.717, 1.165) is 0 Å². The van der Waals surface area contributed by atoms with E-state index >= 15 is 0 Å². The third kappa shape index (κ3) is 5.43. The van der Waals surface area contributed by atoms with Gasteiger partial charge in [-0.2, -0.15) is 0 Å². The van der Waals surface area contributed by atoms with Crippen LogP contribution in [-0.4, -0.2) is 26.4 Å². The van der Waals surface area contributed by atoms with E-state index in [1.54, 1.807) is 50.2 Å². The van der Waals surface area contributed by atoms with E-state index in [2.05, 4.69) is 26.9 Å². The number of hydrogen-bond acceptors (Lipinski definition) is 6. The van der Waals surface area contributed by atoms with Gasteiger partial charge in [0.2, 0.25) is 5.89 Å². The predicted octanol–water partition coefficient (Wildman–Crippen LogP) is 3.10. The molecule has 0 aliphatic heterocycles. The Morgan fingerprint density at radius 3 is 2.61 bits per heavy atom. The lowest BCUT2D eigenvalue weighted by atomic mass is 10.2. The average molecular weight is 439 g/mol. The lowest BCUT2D eigenvalue weighted by molar-refractivity contribution is -0.115. The Kier molecular flexibility index (Phi) is 6.62. The summed E-state index contributed by atoms with van der Waals surface area (Å²) in [6.07, 6.45) is 0. The smallest absolute Gasteiger partial charge is 0.296 e. The van der Waals surface area contributed by atoms with Crippen molar-refractivity contribution >= 4 is 21.6 Å². The monoisotopic (exact) mass is 439 g/mol.